The predicted octanol–water partition coefficient (Wildman–Crippen LogP) is 6.97. The van der Waals surface area contributed by atoms with Gasteiger partial charge in [-0.1, -0.05) is 54.6 Å². The molecule has 266 valence electrons. The van der Waals surface area contributed by atoms with Crippen molar-refractivity contribution in [2.45, 2.75) is 59.2 Å². The van der Waals surface area contributed by atoms with Gasteiger partial charge in [0.25, 0.3) is 5.91 Å². The van der Waals surface area contributed by atoms with Gasteiger partial charge in [0.15, 0.2) is 0 Å². The summed E-state index contributed by atoms with van der Waals surface area (Å²) >= 11 is 0. The van der Waals surface area contributed by atoms with Crippen LogP contribution in [0.2, 0.25) is 0 Å². The first-order chi connectivity index (χ1) is 24.6. The second-order valence-corrected chi connectivity index (χ2v) is 13.9. The largest absolute Gasteiger partial charge is 0.496 e. The molecule has 0 spiro atoms. The van der Waals surface area contributed by atoms with Crippen LogP contribution in [0.1, 0.15) is 68.7 Å². The molecule has 0 unspecified atom stereocenters. The van der Waals surface area contributed by atoms with E-state index in [2.05, 4.69) is 82.5 Å². The van der Waals surface area contributed by atoms with Crippen LogP contribution in [0.15, 0.2) is 66.9 Å². The number of nitrogens with one attached hydrogen (secondary N) is 1. The average Bonchev–Trinajstić information content (AvgIpc) is 3.53. The molecule has 0 saturated carbocycles. The Labute approximate surface area is 300 Å². The maximum Gasteiger partial charge on any atom is 0.307 e. The van der Waals surface area contributed by atoms with Crippen molar-refractivity contribution in [3.05, 3.63) is 111 Å². The minimum absolute atomic E-state index is 0.260. The predicted molar refractivity (Wildman–Crippen MR) is 202 cm³/mol. The second kappa shape index (κ2) is 16.0. The molecule has 2 atom stereocenters. The summed E-state index contributed by atoms with van der Waals surface area (Å²) in [6.45, 7) is 10.6. The Morgan fingerprint density at radius 3 is 2.35 bits per heavy atom. The van der Waals surface area contributed by atoms with Crippen LogP contribution in [0.25, 0.3) is 23.3 Å². The Morgan fingerprint density at radius 2 is 1.65 bits per heavy atom. The van der Waals surface area contributed by atoms with Gasteiger partial charge in [0.1, 0.15) is 11.4 Å². The summed E-state index contributed by atoms with van der Waals surface area (Å²) in [5.74, 6) is -0.501. The molecule has 1 aromatic heterocycles. The lowest BCUT2D eigenvalue weighted by Gasteiger charge is -2.31. The number of rotatable bonds is 11. The molecule has 0 radical (unpaired) electrons. The van der Waals surface area contributed by atoms with Crippen LogP contribution in [0.4, 0.5) is 5.69 Å². The van der Waals surface area contributed by atoms with Gasteiger partial charge < -0.3 is 20.3 Å². The molecule has 2 fully saturated rings. The monoisotopic (exact) mass is 688 g/mol. The number of anilines is 1. The van der Waals surface area contributed by atoms with Crippen LogP contribution in [0, 0.1) is 26.7 Å². The zero-order chi connectivity index (χ0) is 36.1. The van der Waals surface area contributed by atoms with Crippen molar-refractivity contribution < 1.29 is 24.5 Å². The maximum atomic E-state index is 13.2. The highest BCUT2D eigenvalue weighted by Gasteiger charge is 2.26. The Balaban J connectivity index is 1.16. The second-order valence-electron chi connectivity index (χ2n) is 13.9. The number of ether oxygens (including phenoxy) is 1. The zero-order valence-corrected chi connectivity index (χ0v) is 30.0. The maximum absolute atomic E-state index is 13.2. The molecule has 6 rings (SSSR count). The lowest BCUT2D eigenvalue weighted by atomic mass is 9.92. The minimum Gasteiger partial charge on any atom is -0.496 e. The molecule has 3 aromatic carbocycles. The number of aliphatic hydroxyl groups excluding tert-OH is 1. The molecule has 0 bridgehead atoms. The minimum atomic E-state index is -0.719. The molecular weight excluding hydrogens is 640 g/mol. The number of hydrogen-bond acceptors (Lipinski definition) is 7. The van der Waals surface area contributed by atoms with Crippen molar-refractivity contribution >= 4 is 29.7 Å². The number of benzene rings is 3. The molecule has 9 heteroatoms. The first-order valence-electron chi connectivity index (χ1n) is 17.8. The van der Waals surface area contributed by atoms with Gasteiger partial charge in [0.05, 0.1) is 19.1 Å². The van der Waals surface area contributed by atoms with Crippen molar-refractivity contribution in [2.24, 2.45) is 5.92 Å². The number of carbonyl (C=O) groups is 2. The Morgan fingerprint density at radius 1 is 0.902 bits per heavy atom. The first-order valence-corrected chi connectivity index (χ1v) is 17.8. The number of β-amino-alcohol motifs (C(OH)–C–C–N with tert-alkyl or cyclic N) is 1. The highest BCUT2D eigenvalue weighted by Crippen LogP contribution is 2.34. The van der Waals surface area contributed by atoms with Crippen LogP contribution >= 0.6 is 0 Å². The number of aromatic nitrogens is 1. The lowest BCUT2D eigenvalue weighted by molar-refractivity contribution is -0.143. The topological polar surface area (TPSA) is 115 Å². The Hall–Kier alpha value is -4.83. The average molecular weight is 689 g/mol. The standard InChI is InChI=1S/C42H48N4O5/c1-27-20-34(25-45-18-7-9-33(24-45)42(49)50)40(51-4)21-32(27)15-14-31-8-5-10-36(28(31)2)37-11-6-12-38(29(37)3)44-41(48)39-16-13-30(22-43-39)23-46-19-17-35(47)26-46/h5-6,8,10-16,20-22,33,35,47H,7,9,17-19,23-26H2,1-4H3,(H,44,48)(H,49,50)/b15-14+/t33-,35-/m1/s1. The number of carbonyl (C=O) groups excluding carboxylic acids is 1. The smallest absolute Gasteiger partial charge is 0.307 e. The van der Waals surface area contributed by atoms with Crippen molar-refractivity contribution in [3.8, 4) is 16.9 Å². The van der Waals surface area contributed by atoms with Crippen molar-refractivity contribution in [3.63, 3.8) is 0 Å². The van der Waals surface area contributed by atoms with Crippen LogP contribution < -0.4 is 10.1 Å². The van der Waals surface area contributed by atoms with E-state index in [1.807, 2.05) is 25.1 Å². The molecule has 0 aliphatic carbocycles. The fourth-order valence-corrected chi connectivity index (χ4v) is 7.32. The number of aliphatic carboxylic acids is 1. The molecular formula is C42H48N4O5. The number of carboxylic acid groups (broad SMARTS) is 1. The zero-order valence-electron chi connectivity index (χ0n) is 30.0. The molecule has 51 heavy (non-hydrogen) atoms. The number of aryl methyl sites for hydroxylation is 1. The summed E-state index contributed by atoms with van der Waals surface area (Å²) < 4.78 is 5.80. The van der Waals surface area contributed by atoms with Gasteiger partial charge in [0.2, 0.25) is 0 Å². The molecule has 9 nitrogen and oxygen atoms in total. The third-order valence-electron chi connectivity index (χ3n) is 10.3. The van der Waals surface area contributed by atoms with Gasteiger partial charge in [-0.25, -0.2) is 0 Å². The van der Waals surface area contributed by atoms with Gasteiger partial charge in [-0.3, -0.25) is 24.4 Å². The van der Waals surface area contributed by atoms with E-state index in [0.717, 1.165) is 93.9 Å². The van der Waals surface area contributed by atoms with Gasteiger partial charge >= 0.3 is 5.97 Å². The number of carboxylic acids is 1. The summed E-state index contributed by atoms with van der Waals surface area (Å²) in [5.41, 5.74) is 10.7. The fourth-order valence-electron chi connectivity index (χ4n) is 7.32. The third-order valence-corrected chi connectivity index (χ3v) is 10.3. The normalized spacial score (nSPS) is 18.3. The van der Waals surface area contributed by atoms with E-state index in [0.29, 0.717) is 31.9 Å². The van der Waals surface area contributed by atoms with Gasteiger partial charge in [-0.05, 0) is 109 Å². The van der Waals surface area contributed by atoms with Gasteiger partial charge in [-0.15, -0.1) is 0 Å². The number of aliphatic hydroxyl groups is 1. The van der Waals surface area contributed by atoms with Crippen molar-refractivity contribution in [2.75, 3.05) is 38.6 Å². The molecule has 3 heterocycles. The number of amides is 1. The van der Waals surface area contributed by atoms with E-state index in [1.54, 1.807) is 19.4 Å². The molecule has 2 aliphatic heterocycles. The quantitative estimate of drug-likeness (QED) is 0.145. The van der Waals surface area contributed by atoms with Gasteiger partial charge in [-0.2, -0.15) is 0 Å². The molecule has 3 N–H and O–H groups in total. The molecule has 2 saturated heterocycles. The van der Waals surface area contributed by atoms with E-state index < -0.39 is 5.97 Å². The van der Waals surface area contributed by atoms with E-state index in [1.165, 1.54) is 0 Å². The SMILES string of the molecule is COc1cc(/C=C/c2cccc(-c3cccc(NC(=O)c4ccc(CN5CC[C@@H](O)C5)cn4)c3C)c2C)c(C)cc1CN1CCC[C@@H](C(=O)O)C1. The van der Waals surface area contributed by atoms with E-state index in [4.69, 9.17) is 4.74 Å². The number of pyridine rings is 1. The van der Waals surface area contributed by atoms with Crippen LogP contribution in [-0.2, 0) is 17.9 Å². The number of hydrogen-bond donors (Lipinski definition) is 3. The van der Waals surface area contributed by atoms with Crippen LogP contribution in [-0.4, -0.2) is 76.3 Å². The van der Waals surface area contributed by atoms with Crippen molar-refractivity contribution in [1.82, 2.24) is 14.8 Å². The summed E-state index contributed by atoms with van der Waals surface area (Å²) in [7, 11) is 1.68. The summed E-state index contributed by atoms with van der Waals surface area (Å²) in [6.07, 6.45) is 8.12. The highest BCUT2D eigenvalue weighted by atomic mass is 16.5. The lowest BCUT2D eigenvalue weighted by Crippen LogP contribution is -2.38. The van der Waals surface area contributed by atoms with E-state index in [9.17, 15) is 19.8 Å². The number of piperidine rings is 1. The Kier molecular flexibility index (Phi) is 11.3. The van der Waals surface area contributed by atoms with E-state index in [-0.39, 0.29) is 17.9 Å². The molecule has 1 amide bonds. The summed E-state index contributed by atoms with van der Waals surface area (Å²) in [5, 5.41) is 22.4. The van der Waals surface area contributed by atoms with Gasteiger partial charge in [0, 0.05) is 50.2 Å². The number of methoxy groups -OCH3 is 1. The molecule has 4 aromatic rings. The molecule has 2 aliphatic rings. The summed E-state index contributed by atoms with van der Waals surface area (Å²) in [6, 6.07) is 20.1. The highest BCUT2D eigenvalue weighted by molar-refractivity contribution is 6.03. The number of likely N-dealkylation sites (tertiary alicyclic amines) is 2. The van der Waals surface area contributed by atoms with Crippen molar-refractivity contribution in [1.29, 1.82) is 0 Å². The van der Waals surface area contributed by atoms with E-state index >= 15 is 0 Å². The van der Waals surface area contributed by atoms with Crippen LogP contribution in [0.5, 0.6) is 5.75 Å². The summed E-state index contributed by atoms with van der Waals surface area (Å²) in [4.78, 5) is 33.6. The third kappa shape index (κ3) is 8.56. The fraction of sp³-hybridized carbons (Fsp3) is 0.357. The first kappa shape index (κ1) is 36.0. The van der Waals surface area contributed by atoms with Crippen LogP contribution in [0.3, 0.4) is 0 Å². The Bertz CT molecular complexity index is 1920. The number of nitrogens with zero attached hydrogens (tertiary/aromatic N) is 3.